The summed E-state index contributed by atoms with van der Waals surface area (Å²) in [5.41, 5.74) is 4.02. The van der Waals surface area contributed by atoms with Crippen LogP contribution in [0.15, 0.2) is 55.0 Å². The highest BCUT2D eigenvalue weighted by Crippen LogP contribution is 2.36. The molecule has 6 nitrogen and oxygen atoms in total. The number of ether oxygens (including phenoxy) is 1. The van der Waals surface area contributed by atoms with Gasteiger partial charge in [-0.2, -0.15) is 5.10 Å². The molecule has 29 heavy (non-hydrogen) atoms. The van der Waals surface area contributed by atoms with E-state index in [1.54, 1.807) is 19.5 Å². The number of hydrogen-bond donors (Lipinski definition) is 0. The SMILES string of the molecule is COc1ccccc1CC(=O)N1CCCCC1c1nn(C)cc1-c1ccncc1. The van der Waals surface area contributed by atoms with E-state index in [1.165, 1.54) is 0 Å². The Morgan fingerprint density at radius 3 is 2.76 bits per heavy atom. The zero-order valence-corrected chi connectivity index (χ0v) is 16.9. The Bertz CT molecular complexity index is 984. The number of carbonyl (C=O) groups is 1. The number of aromatic nitrogens is 3. The second-order valence-electron chi connectivity index (χ2n) is 7.42. The standard InChI is InChI=1S/C23H26N4O2/c1-26-16-19(17-10-12-24-13-11-17)23(25-26)20-8-5-6-14-27(20)22(28)15-18-7-3-4-9-21(18)29-2/h3-4,7,9-13,16,20H,5-6,8,14-15H2,1-2H3. The summed E-state index contributed by atoms with van der Waals surface area (Å²) in [4.78, 5) is 19.4. The van der Waals surface area contributed by atoms with Crippen LogP contribution in [0.1, 0.15) is 36.6 Å². The van der Waals surface area contributed by atoms with Crippen molar-refractivity contribution in [3.63, 3.8) is 0 Å². The molecule has 150 valence electrons. The first kappa shape index (κ1) is 19.2. The largest absolute Gasteiger partial charge is 0.496 e. The summed E-state index contributed by atoms with van der Waals surface area (Å²) in [6.45, 7) is 0.755. The Kier molecular flexibility index (Phi) is 5.60. The second-order valence-corrected chi connectivity index (χ2v) is 7.42. The smallest absolute Gasteiger partial charge is 0.227 e. The minimum absolute atomic E-state index is 0.0182. The molecule has 4 rings (SSSR count). The average Bonchev–Trinajstić information content (AvgIpc) is 3.16. The number of rotatable bonds is 5. The Balaban J connectivity index is 1.64. The van der Waals surface area contributed by atoms with Crippen molar-refractivity contribution in [3.8, 4) is 16.9 Å². The van der Waals surface area contributed by atoms with E-state index in [4.69, 9.17) is 9.84 Å². The topological polar surface area (TPSA) is 60.2 Å². The predicted octanol–water partition coefficient (Wildman–Crippen LogP) is 3.79. The number of likely N-dealkylation sites (tertiary alicyclic amines) is 1. The van der Waals surface area contributed by atoms with Gasteiger partial charge in [0, 0.05) is 43.3 Å². The molecule has 0 saturated carbocycles. The molecular weight excluding hydrogens is 364 g/mol. The van der Waals surface area contributed by atoms with E-state index in [9.17, 15) is 4.79 Å². The number of aryl methyl sites for hydroxylation is 1. The van der Waals surface area contributed by atoms with Crippen LogP contribution >= 0.6 is 0 Å². The van der Waals surface area contributed by atoms with Crippen LogP contribution in [0.25, 0.3) is 11.1 Å². The number of pyridine rings is 1. The van der Waals surface area contributed by atoms with Crippen molar-refractivity contribution < 1.29 is 9.53 Å². The lowest BCUT2D eigenvalue weighted by Crippen LogP contribution is -2.39. The van der Waals surface area contributed by atoms with E-state index in [-0.39, 0.29) is 11.9 Å². The maximum absolute atomic E-state index is 13.3. The highest BCUT2D eigenvalue weighted by Gasteiger charge is 2.32. The quantitative estimate of drug-likeness (QED) is 0.665. The van der Waals surface area contributed by atoms with Gasteiger partial charge in [0.15, 0.2) is 0 Å². The van der Waals surface area contributed by atoms with Gasteiger partial charge in [-0.15, -0.1) is 0 Å². The van der Waals surface area contributed by atoms with E-state index in [0.717, 1.165) is 53.9 Å². The summed E-state index contributed by atoms with van der Waals surface area (Å²) in [5, 5.41) is 4.76. The molecular formula is C23H26N4O2. The van der Waals surface area contributed by atoms with Gasteiger partial charge >= 0.3 is 0 Å². The van der Waals surface area contributed by atoms with Gasteiger partial charge in [-0.05, 0) is 43.0 Å². The number of hydrogen-bond acceptors (Lipinski definition) is 4. The summed E-state index contributed by atoms with van der Waals surface area (Å²) in [6, 6.07) is 11.7. The molecule has 1 atom stereocenters. The minimum atomic E-state index is -0.0182. The number of amides is 1. The van der Waals surface area contributed by atoms with E-state index < -0.39 is 0 Å². The first-order chi connectivity index (χ1) is 14.2. The molecule has 0 bridgehead atoms. The molecule has 0 spiro atoms. The molecule has 3 heterocycles. The van der Waals surface area contributed by atoms with Crippen molar-refractivity contribution in [3.05, 3.63) is 66.2 Å². The summed E-state index contributed by atoms with van der Waals surface area (Å²) < 4.78 is 7.27. The minimum Gasteiger partial charge on any atom is -0.496 e. The van der Waals surface area contributed by atoms with E-state index in [0.29, 0.717) is 6.42 Å². The second kappa shape index (κ2) is 8.47. The highest BCUT2D eigenvalue weighted by atomic mass is 16.5. The van der Waals surface area contributed by atoms with E-state index >= 15 is 0 Å². The number of nitrogens with zero attached hydrogens (tertiary/aromatic N) is 4. The Hall–Kier alpha value is -3.15. The first-order valence-corrected chi connectivity index (χ1v) is 10.0. The fourth-order valence-electron chi connectivity index (χ4n) is 4.13. The number of para-hydroxylation sites is 1. The Labute approximate surface area is 171 Å². The summed E-state index contributed by atoms with van der Waals surface area (Å²) >= 11 is 0. The normalized spacial score (nSPS) is 16.6. The van der Waals surface area contributed by atoms with Gasteiger partial charge in [0.1, 0.15) is 5.75 Å². The number of piperidine rings is 1. The molecule has 2 aromatic heterocycles. The van der Waals surface area contributed by atoms with Gasteiger partial charge in [-0.25, -0.2) is 0 Å². The molecule has 1 unspecified atom stereocenters. The van der Waals surface area contributed by atoms with Crippen molar-refractivity contribution in [2.24, 2.45) is 7.05 Å². The molecule has 1 amide bonds. The van der Waals surface area contributed by atoms with Crippen molar-refractivity contribution in [1.82, 2.24) is 19.7 Å². The van der Waals surface area contributed by atoms with Crippen molar-refractivity contribution in [2.75, 3.05) is 13.7 Å². The third kappa shape index (κ3) is 4.01. The molecule has 1 saturated heterocycles. The van der Waals surface area contributed by atoms with Crippen LogP contribution in [0.3, 0.4) is 0 Å². The number of methoxy groups -OCH3 is 1. The van der Waals surface area contributed by atoms with Gasteiger partial charge in [0.05, 0.1) is 25.3 Å². The van der Waals surface area contributed by atoms with Crippen molar-refractivity contribution >= 4 is 5.91 Å². The molecule has 0 N–H and O–H groups in total. The zero-order valence-electron chi connectivity index (χ0n) is 16.9. The molecule has 0 aliphatic carbocycles. The van der Waals surface area contributed by atoms with E-state index in [2.05, 4.69) is 4.98 Å². The molecule has 1 aromatic carbocycles. The summed E-state index contributed by atoms with van der Waals surface area (Å²) in [7, 11) is 3.57. The zero-order chi connectivity index (χ0) is 20.2. The van der Waals surface area contributed by atoms with E-state index in [1.807, 2.05) is 59.2 Å². The molecule has 1 fully saturated rings. The molecule has 3 aromatic rings. The van der Waals surface area contributed by atoms with Crippen LogP contribution in [-0.4, -0.2) is 39.2 Å². The van der Waals surface area contributed by atoms with Gasteiger partial charge < -0.3 is 9.64 Å². The van der Waals surface area contributed by atoms with Crippen LogP contribution in [0, 0.1) is 0 Å². The maximum Gasteiger partial charge on any atom is 0.227 e. The van der Waals surface area contributed by atoms with Gasteiger partial charge in [0.2, 0.25) is 5.91 Å². The van der Waals surface area contributed by atoms with Crippen LogP contribution in [-0.2, 0) is 18.3 Å². The van der Waals surface area contributed by atoms with Crippen LogP contribution in [0.4, 0.5) is 0 Å². The number of benzene rings is 1. The van der Waals surface area contributed by atoms with Crippen molar-refractivity contribution in [1.29, 1.82) is 0 Å². The van der Waals surface area contributed by atoms with Gasteiger partial charge in [-0.1, -0.05) is 18.2 Å². The lowest BCUT2D eigenvalue weighted by atomic mass is 9.94. The summed E-state index contributed by atoms with van der Waals surface area (Å²) in [6.07, 6.45) is 8.98. The van der Waals surface area contributed by atoms with Crippen molar-refractivity contribution in [2.45, 2.75) is 31.7 Å². The Morgan fingerprint density at radius 2 is 1.97 bits per heavy atom. The maximum atomic E-state index is 13.3. The van der Waals surface area contributed by atoms with Crippen LogP contribution in [0.2, 0.25) is 0 Å². The molecule has 1 aliphatic rings. The van der Waals surface area contributed by atoms with Gasteiger partial charge in [-0.3, -0.25) is 14.5 Å². The summed E-state index contributed by atoms with van der Waals surface area (Å²) in [5.74, 6) is 0.871. The lowest BCUT2D eigenvalue weighted by molar-refractivity contribution is -0.134. The first-order valence-electron chi connectivity index (χ1n) is 10.0. The highest BCUT2D eigenvalue weighted by molar-refractivity contribution is 5.80. The van der Waals surface area contributed by atoms with Crippen LogP contribution < -0.4 is 4.74 Å². The fourth-order valence-corrected chi connectivity index (χ4v) is 4.13. The Morgan fingerprint density at radius 1 is 1.17 bits per heavy atom. The molecule has 1 aliphatic heterocycles. The predicted molar refractivity (Wildman–Crippen MR) is 111 cm³/mol. The molecule has 6 heteroatoms. The van der Waals surface area contributed by atoms with Crippen LogP contribution in [0.5, 0.6) is 5.75 Å². The third-order valence-electron chi connectivity index (χ3n) is 5.52. The monoisotopic (exact) mass is 390 g/mol. The average molecular weight is 390 g/mol. The molecule has 0 radical (unpaired) electrons. The van der Waals surface area contributed by atoms with Gasteiger partial charge in [0.25, 0.3) is 0 Å². The fraction of sp³-hybridized carbons (Fsp3) is 0.348. The lowest BCUT2D eigenvalue weighted by Gasteiger charge is -2.35. The number of carbonyl (C=O) groups excluding carboxylic acids is 1. The third-order valence-corrected chi connectivity index (χ3v) is 5.52.